The lowest BCUT2D eigenvalue weighted by Crippen LogP contribution is -2.30. The summed E-state index contributed by atoms with van der Waals surface area (Å²) in [6.07, 6.45) is 0. The maximum absolute atomic E-state index is 12.5. The Bertz CT molecular complexity index is 475. The van der Waals surface area contributed by atoms with Crippen LogP contribution < -0.4 is 5.32 Å². The van der Waals surface area contributed by atoms with Crippen molar-refractivity contribution in [2.45, 2.75) is 40.0 Å². The fraction of sp³-hybridized carbons (Fsp3) is 0.625. The number of nitrogens with zero attached hydrogens (tertiary/aromatic N) is 2. The summed E-state index contributed by atoms with van der Waals surface area (Å²) in [6, 6.07) is 3.72. The van der Waals surface area contributed by atoms with E-state index in [1.54, 1.807) is 4.90 Å². The molecule has 1 heterocycles. The largest absolute Gasteiger partial charge is 0.373 e. The minimum atomic E-state index is -0.0848. The van der Waals surface area contributed by atoms with Crippen molar-refractivity contribution in [2.24, 2.45) is 5.92 Å². The lowest BCUT2D eigenvalue weighted by atomic mass is 9.90. The second-order valence-corrected chi connectivity index (χ2v) is 6.71. The summed E-state index contributed by atoms with van der Waals surface area (Å²) < 4.78 is 0. The average molecular weight is 277 g/mol. The molecule has 0 fully saturated rings. The zero-order valence-corrected chi connectivity index (χ0v) is 13.7. The van der Waals surface area contributed by atoms with Gasteiger partial charge in [-0.3, -0.25) is 4.79 Å². The molecule has 0 atom stereocenters. The highest BCUT2D eigenvalue weighted by atomic mass is 16.2. The van der Waals surface area contributed by atoms with Gasteiger partial charge in [-0.05, 0) is 18.1 Å². The highest BCUT2D eigenvalue weighted by molar-refractivity contribution is 5.95. The summed E-state index contributed by atoms with van der Waals surface area (Å²) in [5.74, 6) is 1.23. The van der Waals surface area contributed by atoms with E-state index in [1.165, 1.54) is 0 Å². The first-order valence-electron chi connectivity index (χ1n) is 7.11. The van der Waals surface area contributed by atoms with E-state index in [4.69, 9.17) is 0 Å². The van der Waals surface area contributed by atoms with E-state index in [-0.39, 0.29) is 11.3 Å². The van der Waals surface area contributed by atoms with E-state index in [9.17, 15) is 4.79 Å². The quantitative estimate of drug-likeness (QED) is 0.919. The number of aromatic nitrogens is 1. The lowest BCUT2D eigenvalue weighted by Gasteiger charge is -2.23. The summed E-state index contributed by atoms with van der Waals surface area (Å²) in [5.41, 5.74) is 1.53. The van der Waals surface area contributed by atoms with Crippen LogP contribution in [0.25, 0.3) is 0 Å². The molecular weight excluding hydrogens is 250 g/mol. The molecule has 0 saturated carbocycles. The topological polar surface area (TPSA) is 45.2 Å². The third kappa shape index (κ3) is 4.22. The summed E-state index contributed by atoms with van der Waals surface area (Å²) >= 11 is 0. The molecule has 0 saturated heterocycles. The summed E-state index contributed by atoms with van der Waals surface area (Å²) in [7, 11) is 3.67. The molecule has 1 amide bonds. The molecule has 112 valence electrons. The Morgan fingerprint density at radius 1 is 1.35 bits per heavy atom. The van der Waals surface area contributed by atoms with Gasteiger partial charge in [-0.15, -0.1) is 0 Å². The fourth-order valence-corrected chi connectivity index (χ4v) is 2.02. The van der Waals surface area contributed by atoms with Gasteiger partial charge in [0.05, 0.1) is 0 Å². The van der Waals surface area contributed by atoms with Crippen molar-refractivity contribution < 1.29 is 4.79 Å². The number of amides is 1. The van der Waals surface area contributed by atoms with Crippen molar-refractivity contribution in [1.82, 2.24) is 9.88 Å². The van der Waals surface area contributed by atoms with Crippen molar-refractivity contribution in [2.75, 3.05) is 26.0 Å². The Hall–Kier alpha value is -1.58. The van der Waals surface area contributed by atoms with Crippen molar-refractivity contribution in [3.05, 3.63) is 23.4 Å². The molecule has 0 unspecified atom stereocenters. The molecule has 1 rings (SSSR count). The van der Waals surface area contributed by atoms with Crippen molar-refractivity contribution in [3.63, 3.8) is 0 Å². The Balaban J connectivity index is 3.14. The predicted octanol–water partition coefficient (Wildman–Crippen LogP) is 3.15. The maximum Gasteiger partial charge on any atom is 0.253 e. The molecule has 0 aliphatic heterocycles. The molecule has 4 nitrogen and oxygen atoms in total. The number of carbonyl (C=O) groups excluding carboxylic acids is 1. The van der Waals surface area contributed by atoms with E-state index in [1.807, 2.05) is 26.2 Å². The number of carbonyl (C=O) groups is 1. The van der Waals surface area contributed by atoms with Crippen LogP contribution in [0.15, 0.2) is 12.1 Å². The number of hydrogen-bond donors (Lipinski definition) is 1. The normalized spacial score (nSPS) is 11.6. The molecule has 1 N–H and O–H groups in total. The van der Waals surface area contributed by atoms with Gasteiger partial charge in [-0.2, -0.15) is 0 Å². The Kier molecular flexibility index (Phi) is 5.15. The molecule has 0 aliphatic carbocycles. The van der Waals surface area contributed by atoms with Gasteiger partial charge < -0.3 is 10.2 Å². The Labute approximate surface area is 122 Å². The maximum atomic E-state index is 12.5. The molecule has 1 aromatic rings. The monoisotopic (exact) mass is 277 g/mol. The van der Waals surface area contributed by atoms with Gasteiger partial charge in [0.2, 0.25) is 0 Å². The van der Waals surface area contributed by atoms with Crippen LogP contribution in [0.1, 0.15) is 50.7 Å². The Morgan fingerprint density at radius 3 is 2.40 bits per heavy atom. The minimum Gasteiger partial charge on any atom is -0.373 e. The van der Waals surface area contributed by atoms with Gasteiger partial charge in [-0.25, -0.2) is 4.98 Å². The first-order chi connectivity index (χ1) is 9.15. The number of hydrogen-bond acceptors (Lipinski definition) is 3. The highest BCUT2D eigenvalue weighted by Gasteiger charge is 2.20. The van der Waals surface area contributed by atoms with Crippen LogP contribution in [0.5, 0.6) is 0 Å². The van der Waals surface area contributed by atoms with Gasteiger partial charge >= 0.3 is 0 Å². The molecule has 20 heavy (non-hydrogen) atoms. The lowest BCUT2D eigenvalue weighted by molar-refractivity contribution is 0.0779. The van der Waals surface area contributed by atoms with Gasteiger partial charge in [0.15, 0.2) is 0 Å². The number of rotatable bonds is 4. The molecule has 0 aromatic carbocycles. The van der Waals surface area contributed by atoms with Gasteiger partial charge in [0, 0.05) is 37.3 Å². The predicted molar refractivity (Wildman–Crippen MR) is 84.3 cm³/mol. The fourth-order valence-electron chi connectivity index (χ4n) is 2.02. The Morgan fingerprint density at radius 2 is 1.95 bits per heavy atom. The standard InChI is InChI=1S/C16H27N3O/c1-11(2)10-19(7)15(20)12-8-13(16(3,4)5)18-14(9-12)17-6/h8-9,11H,10H2,1-7H3,(H,17,18). The van der Waals surface area contributed by atoms with Crippen LogP contribution in [0.3, 0.4) is 0 Å². The summed E-state index contributed by atoms with van der Waals surface area (Å²) in [5, 5.41) is 3.03. The highest BCUT2D eigenvalue weighted by Crippen LogP contribution is 2.23. The zero-order chi connectivity index (χ0) is 15.5. The molecule has 0 spiro atoms. The molecule has 0 bridgehead atoms. The second-order valence-electron chi connectivity index (χ2n) is 6.71. The van der Waals surface area contributed by atoms with Crippen molar-refractivity contribution in [3.8, 4) is 0 Å². The van der Waals surface area contributed by atoms with Crippen molar-refractivity contribution in [1.29, 1.82) is 0 Å². The smallest absolute Gasteiger partial charge is 0.253 e. The molecule has 1 aromatic heterocycles. The van der Waals surface area contributed by atoms with Crippen LogP contribution >= 0.6 is 0 Å². The third-order valence-corrected chi connectivity index (χ3v) is 3.08. The van der Waals surface area contributed by atoms with E-state index in [0.29, 0.717) is 11.5 Å². The van der Waals surface area contributed by atoms with Crippen LogP contribution in [0.4, 0.5) is 5.82 Å². The minimum absolute atomic E-state index is 0.0445. The van der Waals surface area contributed by atoms with Crippen LogP contribution in [-0.2, 0) is 5.41 Å². The van der Waals surface area contributed by atoms with Gasteiger partial charge in [0.1, 0.15) is 5.82 Å². The average Bonchev–Trinajstić information content (AvgIpc) is 2.35. The number of pyridine rings is 1. The first kappa shape index (κ1) is 16.5. The van der Waals surface area contributed by atoms with Gasteiger partial charge in [0.25, 0.3) is 5.91 Å². The van der Waals surface area contributed by atoms with E-state index in [0.717, 1.165) is 18.1 Å². The van der Waals surface area contributed by atoms with Gasteiger partial charge in [-0.1, -0.05) is 34.6 Å². The van der Waals surface area contributed by atoms with E-state index >= 15 is 0 Å². The zero-order valence-electron chi connectivity index (χ0n) is 13.7. The van der Waals surface area contributed by atoms with Crippen LogP contribution in [0.2, 0.25) is 0 Å². The molecule has 0 aliphatic rings. The number of nitrogens with one attached hydrogen (secondary N) is 1. The number of anilines is 1. The first-order valence-corrected chi connectivity index (χ1v) is 7.11. The van der Waals surface area contributed by atoms with Crippen LogP contribution in [-0.4, -0.2) is 36.4 Å². The third-order valence-electron chi connectivity index (χ3n) is 3.08. The molecular formula is C16H27N3O. The summed E-state index contributed by atoms with van der Waals surface area (Å²) in [6.45, 7) is 11.3. The van der Waals surface area contributed by atoms with E-state index in [2.05, 4.69) is 44.9 Å². The summed E-state index contributed by atoms with van der Waals surface area (Å²) in [4.78, 5) is 18.8. The van der Waals surface area contributed by atoms with E-state index < -0.39 is 0 Å². The molecule has 0 radical (unpaired) electrons. The van der Waals surface area contributed by atoms with Crippen molar-refractivity contribution >= 4 is 11.7 Å². The van der Waals surface area contributed by atoms with Crippen LogP contribution in [0, 0.1) is 5.92 Å². The SMILES string of the molecule is CNc1cc(C(=O)N(C)CC(C)C)cc(C(C)(C)C)n1. The second kappa shape index (κ2) is 6.25. The molecule has 4 heteroatoms.